The van der Waals surface area contributed by atoms with E-state index in [1.807, 2.05) is 42.7 Å². The van der Waals surface area contributed by atoms with E-state index < -0.39 is 0 Å². The minimum atomic E-state index is -0.237. The Bertz CT molecular complexity index is 1350. The fraction of sp³-hybridized carbons (Fsp3) is 0.407. The molecule has 1 aromatic carbocycles. The van der Waals surface area contributed by atoms with Gasteiger partial charge in [0.15, 0.2) is 11.5 Å². The molecule has 0 radical (unpaired) electrons. The Morgan fingerprint density at radius 3 is 2.78 bits per heavy atom. The van der Waals surface area contributed by atoms with Crippen LogP contribution in [0.25, 0.3) is 10.9 Å². The van der Waals surface area contributed by atoms with E-state index in [-0.39, 0.29) is 18.5 Å². The normalized spacial score (nSPS) is 15.4. The number of aromatic nitrogens is 4. The first-order valence-electron chi connectivity index (χ1n) is 12.2. The Labute approximate surface area is 212 Å². The predicted octanol–water partition coefficient (Wildman–Crippen LogP) is 3.30. The number of amides is 1. The summed E-state index contributed by atoms with van der Waals surface area (Å²) < 4.78 is 1.88. The van der Waals surface area contributed by atoms with E-state index in [1.165, 1.54) is 0 Å². The van der Waals surface area contributed by atoms with Gasteiger partial charge in [-0.15, -0.1) is 5.92 Å². The second kappa shape index (κ2) is 10.8. The minimum absolute atomic E-state index is 0.0681. The van der Waals surface area contributed by atoms with Crippen LogP contribution in [-0.2, 0) is 13.1 Å². The van der Waals surface area contributed by atoms with Crippen molar-refractivity contribution < 1.29 is 4.79 Å². The topological polar surface area (TPSA) is 105 Å². The van der Waals surface area contributed by atoms with Crippen LogP contribution in [0.3, 0.4) is 0 Å². The lowest BCUT2D eigenvalue weighted by molar-refractivity contribution is 0.0785. The van der Waals surface area contributed by atoms with Crippen LogP contribution in [0.2, 0.25) is 0 Å². The predicted molar refractivity (Wildman–Crippen MR) is 144 cm³/mol. The second-order valence-corrected chi connectivity index (χ2v) is 9.09. The van der Waals surface area contributed by atoms with Crippen LogP contribution in [0, 0.1) is 18.8 Å². The summed E-state index contributed by atoms with van der Waals surface area (Å²) in [5, 5.41) is 4.10. The third kappa shape index (κ3) is 5.04. The summed E-state index contributed by atoms with van der Waals surface area (Å²) in [7, 11) is 1.77. The molecule has 0 aliphatic carbocycles. The lowest BCUT2D eigenvalue weighted by atomic mass is 10.1. The number of nitrogens with zero attached hydrogens (tertiary/aromatic N) is 6. The van der Waals surface area contributed by atoms with Gasteiger partial charge in [-0.3, -0.25) is 9.36 Å². The zero-order valence-electron chi connectivity index (χ0n) is 21.5. The Morgan fingerprint density at radius 1 is 1.31 bits per heavy atom. The molecule has 9 nitrogen and oxygen atoms in total. The highest BCUT2D eigenvalue weighted by atomic mass is 16.2. The van der Waals surface area contributed by atoms with Crippen molar-refractivity contribution >= 4 is 28.6 Å². The number of aryl methyl sites for hydroxylation is 1. The summed E-state index contributed by atoms with van der Waals surface area (Å²) in [6.07, 6.45) is 1.95. The van der Waals surface area contributed by atoms with Gasteiger partial charge in [0.05, 0.1) is 18.6 Å². The number of fused-ring (bicyclic) bond motifs is 1. The lowest BCUT2D eigenvalue weighted by Gasteiger charge is -2.32. The van der Waals surface area contributed by atoms with E-state index in [2.05, 4.69) is 33.6 Å². The third-order valence-electron chi connectivity index (χ3n) is 6.39. The molecule has 3 aromatic rings. The Morgan fingerprint density at radius 2 is 2.08 bits per heavy atom. The molecule has 3 N–H and O–H groups in total. The molecule has 1 atom stereocenters. The van der Waals surface area contributed by atoms with Crippen molar-refractivity contribution in [1.82, 2.24) is 24.4 Å². The van der Waals surface area contributed by atoms with Crippen molar-refractivity contribution in [3.8, 4) is 11.8 Å². The monoisotopic (exact) mass is 486 g/mol. The van der Waals surface area contributed by atoms with Gasteiger partial charge in [0, 0.05) is 43.0 Å². The zero-order chi connectivity index (χ0) is 25.8. The summed E-state index contributed by atoms with van der Waals surface area (Å²) in [6, 6.07) is 7.93. The molecule has 4 rings (SSSR count). The Hall–Kier alpha value is -3.90. The molecule has 1 fully saturated rings. The van der Waals surface area contributed by atoms with Crippen LogP contribution in [-0.4, -0.2) is 56.5 Å². The van der Waals surface area contributed by atoms with E-state index in [0.29, 0.717) is 42.1 Å². The molecule has 0 saturated carbocycles. The maximum atomic E-state index is 14.1. The number of nitrogens with two attached hydrogens (primary N) is 1. The number of rotatable bonds is 7. The summed E-state index contributed by atoms with van der Waals surface area (Å²) in [4.78, 5) is 32.0. The van der Waals surface area contributed by atoms with E-state index in [9.17, 15) is 4.79 Å². The first kappa shape index (κ1) is 25.2. The molecular weight excluding hydrogens is 452 g/mol. The van der Waals surface area contributed by atoms with Gasteiger partial charge in [0.1, 0.15) is 5.82 Å². The highest BCUT2D eigenvalue weighted by Gasteiger charge is 2.31. The molecule has 2 aromatic heterocycles. The first-order chi connectivity index (χ1) is 17.3. The van der Waals surface area contributed by atoms with Crippen molar-refractivity contribution in [2.24, 2.45) is 5.73 Å². The molecule has 0 spiro atoms. The molecule has 1 aliphatic rings. The summed E-state index contributed by atoms with van der Waals surface area (Å²) in [5.41, 5.74) is 8.98. The van der Waals surface area contributed by atoms with Crippen LogP contribution in [0.1, 0.15) is 48.7 Å². The molecule has 9 heteroatoms. The van der Waals surface area contributed by atoms with Gasteiger partial charge >= 0.3 is 0 Å². The molecule has 3 heterocycles. The fourth-order valence-corrected chi connectivity index (χ4v) is 4.59. The first-order valence-corrected chi connectivity index (χ1v) is 12.2. The average molecular weight is 487 g/mol. The van der Waals surface area contributed by atoms with Gasteiger partial charge < -0.3 is 20.9 Å². The van der Waals surface area contributed by atoms with Crippen LogP contribution in [0.5, 0.6) is 0 Å². The zero-order valence-corrected chi connectivity index (χ0v) is 21.5. The van der Waals surface area contributed by atoms with Crippen LogP contribution >= 0.6 is 0 Å². The number of allylic oxidation sites excluding steroid dienone is 1. The van der Waals surface area contributed by atoms with Crippen molar-refractivity contribution in [2.75, 3.05) is 30.4 Å². The van der Waals surface area contributed by atoms with E-state index in [4.69, 9.17) is 15.7 Å². The number of imidazole rings is 1. The lowest BCUT2D eigenvalue weighted by Crippen LogP contribution is -2.44. The fourth-order valence-electron chi connectivity index (χ4n) is 4.59. The van der Waals surface area contributed by atoms with Gasteiger partial charge in [-0.2, -0.15) is 4.98 Å². The Kier molecular flexibility index (Phi) is 7.55. The van der Waals surface area contributed by atoms with Gasteiger partial charge in [0.2, 0.25) is 5.95 Å². The van der Waals surface area contributed by atoms with Crippen molar-refractivity contribution in [3.05, 3.63) is 53.8 Å². The summed E-state index contributed by atoms with van der Waals surface area (Å²) in [5.74, 6) is 7.54. The standard InChI is InChI=1S/C27H34N8O/c1-6-7-15-34-24(25(29-5)32-27(34)33-14-10-11-20(28)16-33)26(36)35(18(2)3)17-23-30-19(4)21-12-8-9-13-22(21)31-23/h8-9,12-13,20,29H,2,10-11,14-17,28H2,1,3-5H3/t20-/m1/s1. The quantitative estimate of drug-likeness (QED) is 0.494. The SMILES string of the molecule is C=C(C)N(Cc1nc(C)c2ccccc2n1)C(=O)c1c(NC)nc(N2CCC[C@@H](N)C2)n1CC#CC. The highest BCUT2D eigenvalue weighted by Crippen LogP contribution is 2.28. The number of hydrogen-bond donors (Lipinski definition) is 2. The molecule has 0 unspecified atom stereocenters. The van der Waals surface area contributed by atoms with E-state index in [0.717, 1.165) is 36.0 Å². The van der Waals surface area contributed by atoms with Gasteiger partial charge in [-0.1, -0.05) is 30.7 Å². The smallest absolute Gasteiger partial charge is 0.279 e. The van der Waals surface area contributed by atoms with Crippen LogP contribution < -0.4 is 16.0 Å². The number of anilines is 2. The van der Waals surface area contributed by atoms with Gasteiger partial charge in [-0.05, 0) is 39.7 Å². The number of carbonyl (C=O) groups excluding carboxylic acids is 1. The molecule has 1 aliphatic heterocycles. The highest BCUT2D eigenvalue weighted by molar-refractivity contribution is 5.99. The Balaban J connectivity index is 1.75. The van der Waals surface area contributed by atoms with E-state index in [1.54, 1.807) is 18.9 Å². The molecule has 0 bridgehead atoms. The average Bonchev–Trinajstić information content (AvgIpc) is 3.24. The van der Waals surface area contributed by atoms with Crippen molar-refractivity contribution in [1.29, 1.82) is 0 Å². The second-order valence-electron chi connectivity index (χ2n) is 9.09. The van der Waals surface area contributed by atoms with E-state index >= 15 is 0 Å². The molecular formula is C27H34N8O. The number of hydrogen-bond acceptors (Lipinski definition) is 7. The van der Waals surface area contributed by atoms with Gasteiger partial charge in [-0.25, -0.2) is 9.97 Å². The third-order valence-corrected chi connectivity index (χ3v) is 6.39. The number of carbonyl (C=O) groups is 1. The van der Waals surface area contributed by atoms with Crippen molar-refractivity contribution in [3.63, 3.8) is 0 Å². The maximum Gasteiger partial charge on any atom is 0.279 e. The molecule has 1 amide bonds. The van der Waals surface area contributed by atoms with Crippen molar-refractivity contribution in [2.45, 2.75) is 52.7 Å². The van der Waals surface area contributed by atoms with Crippen LogP contribution in [0.4, 0.5) is 11.8 Å². The number of nitrogens with one attached hydrogen (secondary N) is 1. The van der Waals surface area contributed by atoms with Gasteiger partial charge in [0.25, 0.3) is 5.91 Å². The molecule has 188 valence electrons. The molecule has 36 heavy (non-hydrogen) atoms. The van der Waals surface area contributed by atoms with Crippen LogP contribution in [0.15, 0.2) is 36.5 Å². The maximum absolute atomic E-state index is 14.1. The molecule has 1 saturated heterocycles. The largest absolute Gasteiger partial charge is 0.371 e. The number of benzene rings is 1. The number of para-hydroxylation sites is 1. The summed E-state index contributed by atoms with van der Waals surface area (Å²) >= 11 is 0. The minimum Gasteiger partial charge on any atom is -0.371 e. The summed E-state index contributed by atoms with van der Waals surface area (Å²) in [6.45, 7) is 11.7. The number of piperidine rings is 1.